The molecule has 0 aliphatic heterocycles. The predicted octanol–water partition coefficient (Wildman–Crippen LogP) is 7.18. The van der Waals surface area contributed by atoms with Crippen LogP contribution in [-0.4, -0.2) is 12.1 Å². The molecule has 4 aliphatic carbocycles. The quantitative estimate of drug-likeness (QED) is 0.272. The number of ether oxygens (including phenoxy) is 1. The lowest BCUT2D eigenvalue weighted by atomic mass is 9.47. The van der Waals surface area contributed by atoms with Gasteiger partial charge in [0.2, 0.25) is 0 Å². The van der Waals surface area contributed by atoms with Crippen molar-refractivity contribution in [2.75, 3.05) is 0 Å². The number of fused-ring (bicyclic) bond motifs is 5. The van der Waals surface area contributed by atoms with Crippen LogP contribution in [0.2, 0.25) is 0 Å². The molecule has 0 spiro atoms. The van der Waals surface area contributed by atoms with E-state index in [-0.39, 0.29) is 12.1 Å². The van der Waals surface area contributed by atoms with Crippen LogP contribution in [0.5, 0.6) is 0 Å². The Bertz CT molecular complexity index is 782. The lowest BCUT2D eigenvalue weighted by Gasteiger charge is -2.58. The van der Waals surface area contributed by atoms with Crippen LogP contribution in [0.15, 0.2) is 11.6 Å². The van der Waals surface area contributed by atoms with Crippen molar-refractivity contribution in [3.63, 3.8) is 0 Å². The van der Waals surface area contributed by atoms with Crippen LogP contribution in [0.4, 0.5) is 0 Å². The van der Waals surface area contributed by atoms with Gasteiger partial charge in [-0.25, -0.2) is 0 Å². The maximum atomic E-state index is 11.5. The highest BCUT2D eigenvalue weighted by Gasteiger charge is 2.59. The smallest absolute Gasteiger partial charge is 0.302 e. The molecule has 3 saturated carbocycles. The Morgan fingerprint density at radius 3 is 2.61 bits per heavy atom. The van der Waals surface area contributed by atoms with Crippen LogP contribution in [0.3, 0.4) is 0 Å². The molecule has 0 bridgehead atoms. The van der Waals surface area contributed by atoms with Gasteiger partial charge in [0, 0.05) is 25.7 Å². The Morgan fingerprint density at radius 2 is 1.90 bits per heavy atom. The summed E-state index contributed by atoms with van der Waals surface area (Å²) in [6.07, 6.45) is 13.8. The van der Waals surface area contributed by atoms with Gasteiger partial charge >= 0.3 is 5.97 Å². The molecule has 0 N–H and O–H groups in total. The predicted molar refractivity (Wildman–Crippen MR) is 127 cm³/mol. The molecule has 4 aliphatic rings. The van der Waals surface area contributed by atoms with Gasteiger partial charge in [0.15, 0.2) is 0 Å². The van der Waals surface area contributed by atoms with E-state index in [1.165, 1.54) is 38.5 Å². The van der Waals surface area contributed by atoms with Crippen molar-refractivity contribution in [3.05, 3.63) is 11.6 Å². The molecule has 0 aromatic carbocycles. The first-order valence-corrected chi connectivity index (χ1v) is 13.0. The first kappa shape index (κ1) is 22.9. The van der Waals surface area contributed by atoms with E-state index >= 15 is 0 Å². The summed E-state index contributed by atoms with van der Waals surface area (Å²) in [6, 6.07) is 0. The summed E-state index contributed by atoms with van der Waals surface area (Å²) < 4.78 is 5.60. The molecule has 0 amide bonds. The van der Waals surface area contributed by atoms with Gasteiger partial charge < -0.3 is 4.74 Å². The number of carbonyl (C=O) groups excluding carboxylic acids is 1. The Hall–Kier alpha value is -1.23. The summed E-state index contributed by atoms with van der Waals surface area (Å²) in [7, 11) is 0. The average molecular weight is 425 g/mol. The highest BCUT2D eigenvalue weighted by Crippen LogP contribution is 2.67. The van der Waals surface area contributed by atoms with Crippen molar-refractivity contribution >= 4 is 5.97 Å². The maximum absolute atomic E-state index is 11.5. The van der Waals surface area contributed by atoms with E-state index in [0.717, 1.165) is 42.9 Å². The van der Waals surface area contributed by atoms with Crippen molar-refractivity contribution in [3.8, 4) is 11.8 Å². The van der Waals surface area contributed by atoms with Crippen LogP contribution in [0, 0.1) is 58.2 Å². The molecule has 8 atom stereocenters. The van der Waals surface area contributed by atoms with E-state index < -0.39 is 0 Å². The Labute approximate surface area is 191 Å². The fourth-order valence-electron chi connectivity index (χ4n) is 8.50. The van der Waals surface area contributed by atoms with Gasteiger partial charge in [-0.15, -0.1) is 11.8 Å². The SMILES string of the molecule is CC(=O)OC1CCC2(C)C(=CCC3C2CCC2(C)C(C(C)CC#CC(C)C)CCC32)C1. The van der Waals surface area contributed by atoms with Crippen molar-refractivity contribution < 1.29 is 9.53 Å². The second kappa shape index (κ2) is 8.61. The average Bonchev–Trinajstić information content (AvgIpc) is 3.05. The molecule has 172 valence electrons. The van der Waals surface area contributed by atoms with E-state index in [9.17, 15) is 4.79 Å². The second-order valence-corrected chi connectivity index (χ2v) is 12.1. The first-order chi connectivity index (χ1) is 14.6. The highest BCUT2D eigenvalue weighted by molar-refractivity contribution is 5.66. The van der Waals surface area contributed by atoms with Gasteiger partial charge in [0.05, 0.1) is 0 Å². The summed E-state index contributed by atoms with van der Waals surface area (Å²) in [5, 5.41) is 0. The van der Waals surface area contributed by atoms with Gasteiger partial charge in [0.25, 0.3) is 0 Å². The van der Waals surface area contributed by atoms with Crippen molar-refractivity contribution in [1.29, 1.82) is 0 Å². The molecule has 3 fully saturated rings. The Balaban J connectivity index is 1.50. The lowest BCUT2D eigenvalue weighted by molar-refractivity contribution is -0.148. The fraction of sp³-hybridized carbons (Fsp3) is 0.828. The van der Waals surface area contributed by atoms with Gasteiger partial charge in [-0.3, -0.25) is 4.79 Å². The van der Waals surface area contributed by atoms with Crippen LogP contribution in [-0.2, 0) is 9.53 Å². The zero-order valence-electron chi connectivity index (χ0n) is 20.8. The molecule has 0 heterocycles. The largest absolute Gasteiger partial charge is 0.462 e. The number of esters is 1. The molecule has 2 nitrogen and oxygen atoms in total. The van der Waals surface area contributed by atoms with Gasteiger partial charge in [-0.1, -0.05) is 46.3 Å². The minimum absolute atomic E-state index is 0.103. The third-order valence-electron chi connectivity index (χ3n) is 9.97. The summed E-state index contributed by atoms with van der Waals surface area (Å²) in [6.45, 7) is 13.6. The topological polar surface area (TPSA) is 26.3 Å². The number of rotatable bonds is 3. The highest BCUT2D eigenvalue weighted by atomic mass is 16.5. The maximum Gasteiger partial charge on any atom is 0.302 e. The molecular weight excluding hydrogens is 380 g/mol. The van der Waals surface area contributed by atoms with Crippen LogP contribution < -0.4 is 0 Å². The Morgan fingerprint density at radius 1 is 1.13 bits per heavy atom. The minimum Gasteiger partial charge on any atom is -0.462 e. The van der Waals surface area contributed by atoms with Crippen molar-refractivity contribution in [2.24, 2.45) is 46.3 Å². The molecule has 4 rings (SSSR count). The number of carbonyl (C=O) groups is 1. The Kier molecular flexibility index (Phi) is 6.37. The number of allylic oxidation sites excluding steroid dienone is 1. The fourth-order valence-corrected chi connectivity index (χ4v) is 8.50. The third-order valence-corrected chi connectivity index (χ3v) is 9.97. The normalized spacial score (nSPS) is 42.4. The van der Waals surface area contributed by atoms with Crippen LogP contribution in [0.25, 0.3) is 0 Å². The first-order valence-electron chi connectivity index (χ1n) is 13.0. The van der Waals surface area contributed by atoms with Crippen LogP contribution >= 0.6 is 0 Å². The molecule has 0 saturated heterocycles. The molecule has 0 radical (unpaired) electrons. The van der Waals surface area contributed by atoms with E-state index in [0.29, 0.717) is 22.7 Å². The summed E-state index contributed by atoms with van der Waals surface area (Å²) in [5.41, 5.74) is 2.42. The second-order valence-electron chi connectivity index (χ2n) is 12.1. The van der Waals surface area contributed by atoms with E-state index in [1.54, 1.807) is 12.5 Å². The molecule has 31 heavy (non-hydrogen) atoms. The molecule has 8 unspecified atom stereocenters. The molecular formula is C29H44O2. The van der Waals surface area contributed by atoms with Gasteiger partial charge in [0.1, 0.15) is 6.10 Å². The zero-order chi connectivity index (χ0) is 22.4. The molecule has 2 heteroatoms. The third kappa shape index (κ3) is 4.12. The monoisotopic (exact) mass is 424 g/mol. The van der Waals surface area contributed by atoms with Gasteiger partial charge in [-0.2, -0.15) is 0 Å². The lowest BCUT2D eigenvalue weighted by Crippen LogP contribution is -2.51. The van der Waals surface area contributed by atoms with E-state index in [1.807, 2.05) is 0 Å². The zero-order valence-corrected chi connectivity index (χ0v) is 20.8. The minimum atomic E-state index is -0.125. The summed E-state index contributed by atoms with van der Waals surface area (Å²) >= 11 is 0. The standard InChI is InChI=1S/C29H44O2/c1-19(2)8-7-9-20(3)25-12-13-26-24-11-10-22-18-23(31-21(4)30)14-16-28(22,5)27(24)15-17-29(25,26)6/h10,19-20,23-27H,9,11-18H2,1-6H3. The summed E-state index contributed by atoms with van der Waals surface area (Å²) in [5.74, 6) is 11.3. The van der Waals surface area contributed by atoms with Crippen LogP contribution in [0.1, 0.15) is 99.3 Å². The molecule has 0 aromatic heterocycles. The van der Waals surface area contributed by atoms with Crippen molar-refractivity contribution in [1.82, 2.24) is 0 Å². The van der Waals surface area contributed by atoms with Crippen molar-refractivity contribution in [2.45, 2.75) is 105 Å². The number of hydrogen-bond donors (Lipinski definition) is 0. The number of hydrogen-bond acceptors (Lipinski definition) is 2. The molecule has 0 aromatic rings. The van der Waals surface area contributed by atoms with E-state index in [2.05, 4.69) is 52.5 Å². The summed E-state index contributed by atoms with van der Waals surface area (Å²) in [4.78, 5) is 11.5. The van der Waals surface area contributed by atoms with E-state index in [4.69, 9.17) is 4.74 Å². The van der Waals surface area contributed by atoms with Gasteiger partial charge in [-0.05, 0) is 85.4 Å².